The number of piperazine rings is 1. The molecule has 0 saturated carbocycles. The fourth-order valence-electron chi connectivity index (χ4n) is 3.10. The van der Waals surface area contributed by atoms with Gasteiger partial charge in [0.15, 0.2) is 0 Å². The molecule has 0 radical (unpaired) electrons. The summed E-state index contributed by atoms with van der Waals surface area (Å²) in [6.45, 7) is 3.89. The molecule has 1 N–H and O–H groups in total. The molecule has 1 amide bonds. The highest BCUT2D eigenvalue weighted by Crippen LogP contribution is 2.21. The first-order chi connectivity index (χ1) is 13.3. The van der Waals surface area contributed by atoms with E-state index in [1.165, 1.54) is 24.3 Å². The Balaban J connectivity index is 1.59. The van der Waals surface area contributed by atoms with Crippen LogP contribution in [0.3, 0.4) is 0 Å². The van der Waals surface area contributed by atoms with Crippen LogP contribution < -0.4 is 9.62 Å². The minimum Gasteiger partial charge on any atom is -0.368 e. The Morgan fingerprint density at radius 1 is 1.00 bits per heavy atom. The number of carbonyl (C=O) groups is 1. The Bertz CT molecular complexity index is 943. The van der Waals surface area contributed by atoms with Gasteiger partial charge in [-0.05, 0) is 49.4 Å². The smallest absolute Gasteiger partial charge is 0.241 e. The van der Waals surface area contributed by atoms with Crippen molar-refractivity contribution in [3.63, 3.8) is 0 Å². The summed E-state index contributed by atoms with van der Waals surface area (Å²) in [7, 11) is -3.80. The number of sulfonamides is 1. The summed E-state index contributed by atoms with van der Waals surface area (Å²) in [5.74, 6) is -0.247. The third kappa shape index (κ3) is 4.97. The third-order valence-electron chi connectivity index (χ3n) is 4.59. The molecule has 1 heterocycles. The lowest BCUT2D eigenvalue weighted by Crippen LogP contribution is -2.54. The van der Waals surface area contributed by atoms with Gasteiger partial charge in [0.1, 0.15) is 0 Å². The van der Waals surface area contributed by atoms with Crippen LogP contribution >= 0.6 is 23.2 Å². The second-order valence-electron chi connectivity index (χ2n) is 6.59. The van der Waals surface area contributed by atoms with E-state index in [0.29, 0.717) is 36.2 Å². The molecule has 1 atom stereocenters. The van der Waals surface area contributed by atoms with Gasteiger partial charge in [-0.25, -0.2) is 8.42 Å². The van der Waals surface area contributed by atoms with Crippen molar-refractivity contribution in [1.82, 2.24) is 9.62 Å². The van der Waals surface area contributed by atoms with Gasteiger partial charge in [0, 0.05) is 41.9 Å². The van der Waals surface area contributed by atoms with Gasteiger partial charge >= 0.3 is 0 Å². The van der Waals surface area contributed by atoms with Crippen LogP contribution in [0.25, 0.3) is 0 Å². The Morgan fingerprint density at radius 2 is 1.64 bits per heavy atom. The zero-order valence-electron chi connectivity index (χ0n) is 15.3. The number of carbonyl (C=O) groups excluding carboxylic acids is 1. The van der Waals surface area contributed by atoms with Crippen molar-refractivity contribution in [2.24, 2.45) is 0 Å². The number of hydrogen-bond donors (Lipinski definition) is 1. The SMILES string of the molecule is C[C@H](NS(=O)(=O)c1ccc(Cl)cc1)C(=O)N1CCN(c2cccc(Cl)c2)CC1. The van der Waals surface area contributed by atoms with Gasteiger partial charge in [-0.1, -0.05) is 29.3 Å². The Labute approximate surface area is 175 Å². The maximum Gasteiger partial charge on any atom is 0.241 e. The molecule has 0 aliphatic carbocycles. The van der Waals surface area contributed by atoms with Gasteiger partial charge in [0.25, 0.3) is 0 Å². The highest BCUT2D eigenvalue weighted by atomic mass is 35.5. The number of halogens is 2. The lowest BCUT2D eigenvalue weighted by Gasteiger charge is -2.37. The summed E-state index contributed by atoms with van der Waals surface area (Å²) in [6, 6.07) is 12.5. The van der Waals surface area contributed by atoms with Crippen LogP contribution in [-0.4, -0.2) is 51.4 Å². The Hall–Kier alpha value is -1.80. The molecular formula is C19H21Cl2N3O3S. The third-order valence-corrected chi connectivity index (χ3v) is 6.63. The molecule has 1 saturated heterocycles. The molecule has 28 heavy (non-hydrogen) atoms. The summed E-state index contributed by atoms with van der Waals surface area (Å²) in [4.78, 5) is 16.6. The van der Waals surface area contributed by atoms with Crippen LogP contribution in [0.15, 0.2) is 53.4 Å². The normalized spacial score (nSPS) is 16.1. The number of amides is 1. The summed E-state index contributed by atoms with van der Waals surface area (Å²) >= 11 is 11.8. The van der Waals surface area contributed by atoms with Crippen LogP contribution in [0.2, 0.25) is 10.0 Å². The molecular weight excluding hydrogens is 421 g/mol. The van der Waals surface area contributed by atoms with Crippen LogP contribution in [0.5, 0.6) is 0 Å². The maximum atomic E-state index is 12.7. The van der Waals surface area contributed by atoms with Crippen molar-refractivity contribution < 1.29 is 13.2 Å². The average Bonchev–Trinajstić information content (AvgIpc) is 2.67. The van der Waals surface area contributed by atoms with Gasteiger partial charge < -0.3 is 9.80 Å². The van der Waals surface area contributed by atoms with E-state index in [-0.39, 0.29) is 10.8 Å². The van der Waals surface area contributed by atoms with Gasteiger partial charge in [0.2, 0.25) is 15.9 Å². The average molecular weight is 442 g/mol. The molecule has 9 heteroatoms. The van der Waals surface area contributed by atoms with Crippen LogP contribution in [0, 0.1) is 0 Å². The van der Waals surface area contributed by atoms with E-state index in [1.54, 1.807) is 11.8 Å². The van der Waals surface area contributed by atoms with Crippen molar-refractivity contribution >= 4 is 44.8 Å². The highest BCUT2D eigenvalue weighted by Gasteiger charge is 2.28. The van der Waals surface area contributed by atoms with Crippen LogP contribution in [-0.2, 0) is 14.8 Å². The predicted octanol–water partition coefficient (Wildman–Crippen LogP) is 3.01. The first-order valence-electron chi connectivity index (χ1n) is 8.83. The second kappa shape index (κ2) is 8.69. The second-order valence-corrected chi connectivity index (χ2v) is 9.18. The van der Waals surface area contributed by atoms with Gasteiger partial charge in [0.05, 0.1) is 10.9 Å². The number of anilines is 1. The summed E-state index contributed by atoms with van der Waals surface area (Å²) in [5, 5.41) is 1.11. The largest absolute Gasteiger partial charge is 0.368 e. The number of nitrogens with one attached hydrogen (secondary N) is 1. The Kier molecular flexibility index (Phi) is 6.50. The van der Waals surface area contributed by atoms with Gasteiger partial charge in [-0.15, -0.1) is 0 Å². The van der Waals surface area contributed by atoms with Crippen molar-refractivity contribution in [1.29, 1.82) is 0 Å². The fraction of sp³-hybridized carbons (Fsp3) is 0.316. The highest BCUT2D eigenvalue weighted by molar-refractivity contribution is 7.89. The number of nitrogens with zero attached hydrogens (tertiary/aromatic N) is 2. The summed E-state index contributed by atoms with van der Waals surface area (Å²) in [6.07, 6.45) is 0. The van der Waals surface area contributed by atoms with E-state index in [9.17, 15) is 13.2 Å². The maximum absolute atomic E-state index is 12.7. The lowest BCUT2D eigenvalue weighted by atomic mass is 10.2. The van der Waals surface area contributed by atoms with E-state index < -0.39 is 16.1 Å². The van der Waals surface area contributed by atoms with E-state index in [4.69, 9.17) is 23.2 Å². The van der Waals surface area contributed by atoms with E-state index >= 15 is 0 Å². The molecule has 2 aromatic rings. The van der Waals surface area contributed by atoms with E-state index in [2.05, 4.69) is 9.62 Å². The molecule has 6 nitrogen and oxygen atoms in total. The molecule has 0 spiro atoms. The molecule has 0 aromatic heterocycles. The first kappa shape index (κ1) is 20.9. The quantitative estimate of drug-likeness (QED) is 0.773. The molecule has 0 unspecified atom stereocenters. The fourth-order valence-corrected chi connectivity index (χ4v) is 4.60. The van der Waals surface area contributed by atoms with Crippen LogP contribution in [0.1, 0.15) is 6.92 Å². The van der Waals surface area contributed by atoms with Crippen molar-refractivity contribution in [2.45, 2.75) is 17.9 Å². The van der Waals surface area contributed by atoms with Crippen molar-refractivity contribution in [3.8, 4) is 0 Å². The molecule has 1 aliphatic heterocycles. The summed E-state index contributed by atoms with van der Waals surface area (Å²) < 4.78 is 27.4. The van der Waals surface area contributed by atoms with Gasteiger partial charge in [-0.2, -0.15) is 4.72 Å². The minimum absolute atomic E-state index is 0.0716. The standard InChI is InChI=1S/C19H21Cl2N3O3S/c1-14(22-28(26,27)18-7-5-15(20)6-8-18)19(25)24-11-9-23(10-12-24)17-4-2-3-16(21)13-17/h2-8,13-14,22H,9-12H2,1H3/t14-/m0/s1. The molecule has 1 aliphatic rings. The first-order valence-corrected chi connectivity index (χ1v) is 11.1. The molecule has 3 rings (SSSR count). The number of hydrogen-bond acceptors (Lipinski definition) is 4. The molecule has 150 valence electrons. The Morgan fingerprint density at radius 3 is 2.25 bits per heavy atom. The number of rotatable bonds is 5. The summed E-state index contributed by atoms with van der Waals surface area (Å²) in [5.41, 5.74) is 1.01. The van der Waals surface area contributed by atoms with E-state index in [1.807, 2.05) is 24.3 Å². The minimum atomic E-state index is -3.80. The van der Waals surface area contributed by atoms with Gasteiger partial charge in [-0.3, -0.25) is 4.79 Å². The van der Waals surface area contributed by atoms with Crippen LogP contribution in [0.4, 0.5) is 5.69 Å². The predicted molar refractivity (Wildman–Crippen MR) is 111 cm³/mol. The van der Waals surface area contributed by atoms with Crippen molar-refractivity contribution in [2.75, 3.05) is 31.1 Å². The topological polar surface area (TPSA) is 69.7 Å². The zero-order chi connectivity index (χ0) is 20.3. The van der Waals surface area contributed by atoms with E-state index in [0.717, 1.165) is 5.69 Å². The number of benzene rings is 2. The zero-order valence-corrected chi connectivity index (χ0v) is 17.6. The monoisotopic (exact) mass is 441 g/mol. The molecule has 1 fully saturated rings. The molecule has 0 bridgehead atoms. The lowest BCUT2D eigenvalue weighted by molar-refractivity contribution is -0.132. The van der Waals surface area contributed by atoms with Crippen molar-refractivity contribution in [3.05, 3.63) is 58.6 Å². The molecule has 2 aromatic carbocycles.